The molecule has 4 heterocycles. The summed E-state index contributed by atoms with van der Waals surface area (Å²) in [5, 5.41) is 17.7. The van der Waals surface area contributed by atoms with Gasteiger partial charge < -0.3 is 15.1 Å². The average Bonchev–Trinajstić information content (AvgIpc) is 2.97. The Morgan fingerprint density at radius 3 is 1.46 bits per heavy atom. The van der Waals surface area contributed by atoms with Crippen LogP contribution in [0.2, 0.25) is 0 Å². The average molecular weight is 348 g/mol. The summed E-state index contributed by atoms with van der Waals surface area (Å²) >= 11 is 0. The van der Waals surface area contributed by atoms with Gasteiger partial charge in [-0.2, -0.15) is 0 Å². The van der Waals surface area contributed by atoms with E-state index in [0.717, 1.165) is 12.1 Å². The SMILES string of the molecule is CC.CC.CC.CN1CC(O)CC1CO.CN1CC2CC(C1)N2C. The molecule has 0 amide bonds. The highest BCUT2D eigenvalue weighted by atomic mass is 16.3. The summed E-state index contributed by atoms with van der Waals surface area (Å²) in [6.07, 6.45) is 1.93. The number of hydrogen-bond donors (Lipinski definition) is 2. The molecule has 4 saturated heterocycles. The summed E-state index contributed by atoms with van der Waals surface area (Å²) < 4.78 is 0. The minimum Gasteiger partial charge on any atom is -0.395 e. The topological polar surface area (TPSA) is 50.2 Å². The molecule has 2 N–H and O–H groups in total. The molecule has 0 aliphatic carbocycles. The minimum absolute atomic E-state index is 0.160. The molecule has 5 nitrogen and oxygen atoms in total. The maximum atomic E-state index is 9.05. The summed E-state index contributed by atoms with van der Waals surface area (Å²) in [6, 6.07) is 1.95. The normalized spacial score (nSPS) is 31.6. The van der Waals surface area contributed by atoms with Crippen molar-refractivity contribution in [1.82, 2.24) is 14.7 Å². The quantitative estimate of drug-likeness (QED) is 0.761. The van der Waals surface area contributed by atoms with Crippen molar-refractivity contribution in [2.45, 2.75) is 78.6 Å². The number of aliphatic hydroxyl groups is 2. The van der Waals surface area contributed by atoms with E-state index in [4.69, 9.17) is 10.2 Å². The number of β-amino-alcohol motifs (C(OH)–C–C–N with tert-alkyl or cyclic N) is 1. The van der Waals surface area contributed by atoms with Crippen LogP contribution in [0.3, 0.4) is 0 Å². The summed E-state index contributed by atoms with van der Waals surface area (Å²) in [6.45, 7) is 15.4. The molecular formula is C19H45N3O2. The first kappa shape index (κ1) is 26.0. The summed E-state index contributed by atoms with van der Waals surface area (Å²) in [7, 11) is 6.37. The van der Waals surface area contributed by atoms with Crippen LogP contribution in [-0.2, 0) is 0 Å². The lowest BCUT2D eigenvalue weighted by atomic mass is 9.89. The molecule has 0 aromatic rings. The van der Waals surface area contributed by atoms with Gasteiger partial charge in [-0.3, -0.25) is 9.80 Å². The van der Waals surface area contributed by atoms with Crippen LogP contribution in [0, 0.1) is 0 Å². The van der Waals surface area contributed by atoms with Gasteiger partial charge in [0.15, 0.2) is 0 Å². The predicted molar refractivity (Wildman–Crippen MR) is 106 cm³/mol. The number of piperazine rings is 1. The highest BCUT2D eigenvalue weighted by Crippen LogP contribution is 2.28. The highest BCUT2D eigenvalue weighted by Gasteiger charge is 2.40. The fourth-order valence-corrected chi connectivity index (χ4v) is 3.27. The zero-order valence-corrected chi connectivity index (χ0v) is 17.8. The van der Waals surface area contributed by atoms with E-state index >= 15 is 0 Å². The molecular weight excluding hydrogens is 302 g/mol. The van der Waals surface area contributed by atoms with Gasteiger partial charge in [-0.15, -0.1) is 0 Å². The Bertz CT molecular complexity index is 265. The minimum atomic E-state index is -0.229. The van der Waals surface area contributed by atoms with Crippen LogP contribution in [0.15, 0.2) is 0 Å². The molecule has 4 rings (SSSR count). The molecule has 0 radical (unpaired) electrons. The Kier molecular flexibility index (Phi) is 16.4. The Labute approximate surface area is 151 Å². The molecule has 4 fully saturated rings. The van der Waals surface area contributed by atoms with Crippen molar-refractivity contribution in [2.24, 2.45) is 0 Å². The van der Waals surface area contributed by atoms with Crippen molar-refractivity contribution in [1.29, 1.82) is 0 Å². The number of likely N-dealkylation sites (tertiary alicyclic amines) is 1. The van der Waals surface area contributed by atoms with Crippen LogP contribution < -0.4 is 0 Å². The third-order valence-corrected chi connectivity index (χ3v) is 4.62. The van der Waals surface area contributed by atoms with E-state index in [1.807, 2.05) is 53.5 Å². The second-order valence-corrected chi connectivity index (χ2v) is 6.10. The third kappa shape index (κ3) is 8.26. The lowest BCUT2D eigenvalue weighted by Crippen LogP contribution is -2.66. The number of rotatable bonds is 1. The van der Waals surface area contributed by atoms with Crippen LogP contribution in [0.25, 0.3) is 0 Å². The number of aliphatic hydroxyl groups excluding tert-OH is 2. The number of likely N-dealkylation sites (N-methyl/N-ethyl adjacent to an activating group) is 3. The van der Waals surface area contributed by atoms with Crippen molar-refractivity contribution in [2.75, 3.05) is 47.4 Å². The molecule has 4 atom stereocenters. The third-order valence-electron chi connectivity index (χ3n) is 4.62. The number of hydrogen-bond acceptors (Lipinski definition) is 5. The smallest absolute Gasteiger partial charge is 0.0682 e. The fraction of sp³-hybridized carbons (Fsp3) is 1.00. The predicted octanol–water partition coefficient (Wildman–Crippen LogP) is 2.13. The first-order valence-electron chi connectivity index (χ1n) is 9.91. The van der Waals surface area contributed by atoms with Gasteiger partial charge in [0.25, 0.3) is 0 Å². The van der Waals surface area contributed by atoms with E-state index in [2.05, 4.69) is 23.9 Å². The van der Waals surface area contributed by atoms with Crippen LogP contribution in [-0.4, -0.2) is 96.5 Å². The second-order valence-electron chi connectivity index (χ2n) is 6.10. The van der Waals surface area contributed by atoms with Gasteiger partial charge in [-0.1, -0.05) is 41.5 Å². The number of nitrogens with zero attached hydrogens (tertiary/aromatic N) is 3. The van der Waals surface area contributed by atoms with Crippen molar-refractivity contribution < 1.29 is 10.2 Å². The van der Waals surface area contributed by atoms with Gasteiger partial charge in [0.05, 0.1) is 12.7 Å². The number of piperidine rings is 1. The molecule has 4 aliphatic rings. The Hall–Kier alpha value is -0.200. The lowest BCUT2D eigenvalue weighted by molar-refractivity contribution is -0.0408. The van der Waals surface area contributed by atoms with Crippen LogP contribution in [0.5, 0.6) is 0 Å². The molecule has 24 heavy (non-hydrogen) atoms. The number of fused-ring (bicyclic) bond motifs is 2. The van der Waals surface area contributed by atoms with Gasteiger partial charge in [-0.25, -0.2) is 0 Å². The molecule has 148 valence electrons. The van der Waals surface area contributed by atoms with E-state index in [-0.39, 0.29) is 18.8 Å². The van der Waals surface area contributed by atoms with E-state index in [1.165, 1.54) is 19.5 Å². The lowest BCUT2D eigenvalue weighted by Gasteiger charge is -2.54. The Balaban J connectivity index is 0. The summed E-state index contributed by atoms with van der Waals surface area (Å²) in [4.78, 5) is 6.91. The highest BCUT2D eigenvalue weighted by molar-refractivity contribution is 4.97. The first-order chi connectivity index (χ1) is 11.5. The standard InChI is InChI=1S/C7H14N2.C6H13NO2.3C2H6/c1-8-4-6-3-7(5-8)9(6)2;1-7-3-6(9)2-5(7)4-8;3*1-2/h6-7H,3-5H2,1-2H3;5-6,8-9H,2-4H2,1H3;3*1-2H3. The van der Waals surface area contributed by atoms with Crippen molar-refractivity contribution >= 4 is 0 Å². The van der Waals surface area contributed by atoms with Gasteiger partial charge >= 0.3 is 0 Å². The van der Waals surface area contributed by atoms with Crippen molar-refractivity contribution in [3.05, 3.63) is 0 Å². The van der Waals surface area contributed by atoms with Crippen molar-refractivity contribution in [3.8, 4) is 0 Å². The van der Waals surface area contributed by atoms with Crippen LogP contribution in [0.1, 0.15) is 54.4 Å². The maximum absolute atomic E-state index is 9.05. The van der Waals surface area contributed by atoms with Crippen LogP contribution in [0.4, 0.5) is 0 Å². The van der Waals surface area contributed by atoms with E-state index in [1.54, 1.807) is 0 Å². The van der Waals surface area contributed by atoms with Crippen molar-refractivity contribution in [3.63, 3.8) is 0 Å². The molecule has 2 bridgehead atoms. The zero-order valence-electron chi connectivity index (χ0n) is 17.8. The largest absolute Gasteiger partial charge is 0.395 e. The molecule has 4 aliphatic heterocycles. The molecule has 0 aromatic carbocycles. The van der Waals surface area contributed by atoms with E-state index in [9.17, 15) is 0 Å². The Morgan fingerprint density at radius 1 is 0.792 bits per heavy atom. The van der Waals surface area contributed by atoms with Gasteiger partial charge in [0.2, 0.25) is 0 Å². The molecule has 0 saturated carbocycles. The van der Waals surface area contributed by atoms with Crippen LogP contribution >= 0.6 is 0 Å². The summed E-state index contributed by atoms with van der Waals surface area (Å²) in [5.74, 6) is 0. The van der Waals surface area contributed by atoms with Gasteiger partial charge in [-0.05, 0) is 34.0 Å². The monoisotopic (exact) mass is 347 g/mol. The molecule has 5 heteroatoms. The Morgan fingerprint density at radius 2 is 1.25 bits per heavy atom. The maximum Gasteiger partial charge on any atom is 0.0682 e. The molecule has 0 spiro atoms. The fourth-order valence-electron chi connectivity index (χ4n) is 3.27. The van der Waals surface area contributed by atoms with Gasteiger partial charge in [0.1, 0.15) is 0 Å². The van der Waals surface area contributed by atoms with E-state index in [0.29, 0.717) is 13.0 Å². The summed E-state index contributed by atoms with van der Waals surface area (Å²) in [5.41, 5.74) is 0. The van der Waals surface area contributed by atoms with Gasteiger partial charge in [0, 0.05) is 37.8 Å². The second kappa shape index (κ2) is 15.1. The van der Waals surface area contributed by atoms with E-state index < -0.39 is 0 Å². The molecule has 4 unspecified atom stereocenters. The zero-order chi connectivity index (χ0) is 19.3. The molecule has 0 aromatic heterocycles. The first-order valence-corrected chi connectivity index (χ1v) is 9.91.